The zero-order valence-corrected chi connectivity index (χ0v) is 13.9. The summed E-state index contributed by atoms with van der Waals surface area (Å²) in [5.41, 5.74) is 3.11. The van der Waals surface area contributed by atoms with Gasteiger partial charge in [0, 0.05) is 36.8 Å². The van der Waals surface area contributed by atoms with Gasteiger partial charge in [-0.1, -0.05) is 6.07 Å². The van der Waals surface area contributed by atoms with Crippen LogP contribution in [0.25, 0.3) is 6.08 Å². The molecule has 0 aliphatic carbocycles. The molecule has 1 aliphatic heterocycles. The van der Waals surface area contributed by atoms with E-state index in [2.05, 4.69) is 10.2 Å². The van der Waals surface area contributed by atoms with E-state index in [1.165, 1.54) is 0 Å². The average Bonchev–Trinajstić information content (AvgIpc) is 3.08. The quantitative estimate of drug-likeness (QED) is 0.857. The van der Waals surface area contributed by atoms with Gasteiger partial charge in [0.25, 0.3) is 0 Å². The van der Waals surface area contributed by atoms with Crippen LogP contribution < -0.4 is 9.47 Å². The van der Waals surface area contributed by atoms with Crippen molar-refractivity contribution in [3.05, 3.63) is 47.3 Å². The van der Waals surface area contributed by atoms with Crippen molar-refractivity contribution in [2.45, 2.75) is 19.9 Å². The van der Waals surface area contributed by atoms with E-state index in [0.717, 1.165) is 23.2 Å². The zero-order valence-electron chi connectivity index (χ0n) is 13.9. The third-order valence-electron chi connectivity index (χ3n) is 4.02. The van der Waals surface area contributed by atoms with Gasteiger partial charge < -0.3 is 14.4 Å². The third-order valence-corrected chi connectivity index (χ3v) is 4.02. The molecule has 1 aliphatic rings. The van der Waals surface area contributed by atoms with Gasteiger partial charge in [0.05, 0.1) is 19.9 Å². The number of aromatic nitrogens is 2. The number of nitrogens with zero attached hydrogens (tertiary/aromatic N) is 2. The van der Waals surface area contributed by atoms with Crippen molar-refractivity contribution in [3.63, 3.8) is 0 Å². The fourth-order valence-electron chi connectivity index (χ4n) is 2.75. The lowest BCUT2D eigenvalue weighted by molar-refractivity contribution is -0.126. The second-order valence-corrected chi connectivity index (χ2v) is 5.56. The lowest BCUT2D eigenvalue weighted by atomic mass is 10.1. The molecule has 6 nitrogen and oxygen atoms in total. The Morgan fingerprint density at radius 1 is 1.42 bits per heavy atom. The van der Waals surface area contributed by atoms with Gasteiger partial charge in [-0.05, 0) is 30.7 Å². The Kier molecular flexibility index (Phi) is 4.84. The van der Waals surface area contributed by atoms with Gasteiger partial charge in [-0.25, -0.2) is 0 Å². The molecule has 0 bridgehead atoms. The second-order valence-electron chi connectivity index (χ2n) is 5.56. The highest BCUT2D eigenvalue weighted by molar-refractivity contribution is 5.92. The molecule has 0 unspecified atom stereocenters. The minimum absolute atomic E-state index is 0.00491. The Bertz CT molecular complexity index is 752. The predicted molar refractivity (Wildman–Crippen MR) is 90.9 cm³/mol. The standard InChI is InChI=1S/C18H21N3O3/c1-3-24-16-6-4-13(10-17(16)23-2)5-7-18(22)21-9-8-15-14(12-21)11-19-20-15/h4-7,10-11H,3,8-9,12H2,1-2H3,(H,19,20). The van der Waals surface area contributed by atoms with Crippen LogP contribution in [0.2, 0.25) is 0 Å². The molecule has 24 heavy (non-hydrogen) atoms. The first-order chi connectivity index (χ1) is 11.7. The molecule has 0 fully saturated rings. The highest BCUT2D eigenvalue weighted by Crippen LogP contribution is 2.28. The summed E-state index contributed by atoms with van der Waals surface area (Å²) in [5.74, 6) is 1.36. The molecule has 6 heteroatoms. The van der Waals surface area contributed by atoms with Crippen LogP contribution in [0.15, 0.2) is 30.5 Å². The van der Waals surface area contributed by atoms with E-state index in [9.17, 15) is 4.79 Å². The minimum atomic E-state index is -0.00491. The van der Waals surface area contributed by atoms with Crippen molar-refractivity contribution >= 4 is 12.0 Å². The maximum absolute atomic E-state index is 12.4. The summed E-state index contributed by atoms with van der Waals surface area (Å²) in [6.07, 6.45) is 5.99. The van der Waals surface area contributed by atoms with E-state index in [1.54, 1.807) is 25.5 Å². The van der Waals surface area contributed by atoms with E-state index in [-0.39, 0.29) is 5.91 Å². The van der Waals surface area contributed by atoms with Crippen LogP contribution in [-0.2, 0) is 17.8 Å². The monoisotopic (exact) mass is 327 g/mol. The fourth-order valence-corrected chi connectivity index (χ4v) is 2.75. The largest absolute Gasteiger partial charge is 0.493 e. The Hall–Kier alpha value is -2.76. The van der Waals surface area contributed by atoms with Crippen molar-refractivity contribution in [2.24, 2.45) is 0 Å². The van der Waals surface area contributed by atoms with Crippen LogP contribution in [0.1, 0.15) is 23.7 Å². The topological polar surface area (TPSA) is 67.5 Å². The number of nitrogens with one attached hydrogen (secondary N) is 1. The lowest BCUT2D eigenvalue weighted by Crippen LogP contribution is -2.34. The zero-order chi connectivity index (χ0) is 16.9. The molecule has 1 aromatic carbocycles. The fraction of sp³-hybridized carbons (Fsp3) is 0.333. The molecular weight excluding hydrogens is 306 g/mol. The normalized spacial score (nSPS) is 13.8. The van der Waals surface area contributed by atoms with Crippen LogP contribution in [0.5, 0.6) is 11.5 Å². The minimum Gasteiger partial charge on any atom is -0.493 e. The molecule has 0 spiro atoms. The smallest absolute Gasteiger partial charge is 0.246 e. The number of H-pyrrole nitrogens is 1. The molecule has 0 radical (unpaired) electrons. The summed E-state index contributed by atoms with van der Waals surface area (Å²) in [4.78, 5) is 14.2. The van der Waals surface area contributed by atoms with Gasteiger partial charge in [0.1, 0.15) is 0 Å². The summed E-state index contributed by atoms with van der Waals surface area (Å²) in [6, 6.07) is 5.62. The van der Waals surface area contributed by atoms with Crippen LogP contribution in [0.4, 0.5) is 0 Å². The van der Waals surface area contributed by atoms with E-state index in [4.69, 9.17) is 9.47 Å². The Labute approximate surface area is 141 Å². The maximum atomic E-state index is 12.4. The van der Waals surface area contributed by atoms with Crippen LogP contribution in [-0.4, -0.2) is 41.3 Å². The van der Waals surface area contributed by atoms with E-state index in [0.29, 0.717) is 31.2 Å². The maximum Gasteiger partial charge on any atom is 0.246 e. The van der Waals surface area contributed by atoms with Crippen molar-refractivity contribution in [1.82, 2.24) is 15.1 Å². The van der Waals surface area contributed by atoms with Crippen LogP contribution >= 0.6 is 0 Å². The molecule has 1 N–H and O–H groups in total. The van der Waals surface area contributed by atoms with Crippen molar-refractivity contribution in [2.75, 3.05) is 20.3 Å². The summed E-state index contributed by atoms with van der Waals surface area (Å²) < 4.78 is 10.8. The number of amides is 1. The predicted octanol–water partition coefficient (Wildman–Crippen LogP) is 2.42. The molecule has 126 valence electrons. The Morgan fingerprint density at radius 3 is 3.08 bits per heavy atom. The van der Waals surface area contributed by atoms with Gasteiger partial charge in [-0.3, -0.25) is 9.89 Å². The number of carbonyl (C=O) groups is 1. The first-order valence-corrected chi connectivity index (χ1v) is 8.00. The van der Waals surface area contributed by atoms with Crippen LogP contribution in [0, 0.1) is 0 Å². The number of hydrogen-bond donors (Lipinski definition) is 1. The van der Waals surface area contributed by atoms with E-state index in [1.807, 2.05) is 30.0 Å². The molecule has 2 aromatic rings. The number of methoxy groups -OCH3 is 1. The summed E-state index contributed by atoms with van der Waals surface area (Å²) in [7, 11) is 1.60. The molecule has 0 atom stereocenters. The van der Waals surface area contributed by atoms with Crippen molar-refractivity contribution in [3.8, 4) is 11.5 Å². The van der Waals surface area contributed by atoms with E-state index >= 15 is 0 Å². The Balaban J connectivity index is 1.68. The summed E-state index contributed by atoms with van der Waals surface area (Å²) in [6.45, 7) is 3.80. The van der Waals surface area contributed by atoms with Gasteiger partial charge in [0.2, 0.25) is 5.91 Å². The lowest BCUT2D eigenvalue weighted by Gasteiger charge is -2.25. The third kappa shape index (κ3) is 3.42. The first-order valence-electron chi connectivity index (χ1n) is 8.00. The molecule has 3 rings (SSSR count). The number of hydrogen-bond acceptors (Lipinski definition) is 4. The Morgan fingerprint density at radius 2 is 2.29 bits per heavy atom. The number of ether oxygens (including phenoxy) is 2. The number of rotatable bonds is 5. The SMILES string of the molecule is CCOc1ccc(C=CC(=O)N2CCc3[nH]ncc3C2)cc1OC. The van der Waals surface area contributed by atoms with Crippen molar-refractivity contribution in [1.29, 1.82) is 0 Å². The number of benzene rings is 1. The molecule has 1 amide bonds. The summed E-state index contributed by atoms with van der Waals surface area (Å²) >= 11 is 0. The summed E-state index contributed by atoms with van der Waals surface area (Å²) in [5, 5.41) is 7.00. The van der Waals surface area contributed by atoms with Gasteiger partial charge in [-0.2, -0.15) is 5.10 Å². The molecular formula is C18H21N3O3. The van der Waals surface area contributed by atoms with Crippen LogP contribution in [0.3, 0.4) is 0 Å². The highest BCUT2D eigenvalue weighted by atomic mass is 16.5. The van der Waals surface area contributed by atoms with Gasteiger partial charge >= 0.3 is 0 Å². The molecule has 2 heterocycles. The second kappa shape index (κ2) is 7.21. The number of carbonyl (C=O) groups excluding carboxylic acids is 1. The molecule has 0 saturated heterocycles. The first kappa shape index (κ1) is 16.1. The highest BCUT2D eigenvalue weighted by Gasteiger charge is 2.20. The van der Waals surface area contributed by atoms with Gasteiger partial charge in [0.15, 0.2) is 11.5 Å². The number of aromatic amines is 1. The number of fused-ring (bicyclic) bond motifs is 1. The molecule has 0 saturated carbocycles. The molecule has 1 aromatic heterocycles. The van der Waals surface area contributed by atoms with E-state index < -0.39 is 0 Å². The van der Waals surface area contributed by atoms with Crippen molar-refractivity contribution < 1.29 is 14.3 Å². The van der Waals surface area contributed by atoms with Gasteiger partial charge in [-0.15, -0.1) is 0 Å². The average molecular weight is 327 g/mol.